The van der Waals surface area contributed by atoms with Crippen molar-refractivity contribution in [2.45, 2.75) is 13.2 Å². The van der Waals surface area contributed by atoms with Crippen molar-refractivity contribution in [3.05, 3.63) is 72.6 Å². The van der Waals surface area contributed by atoms with Crippen LogP contribution in [0.25, 0.3) is 5.69 Å². The van der Waals surface area contributed by atoms with Gasteiger partial charge in [0.1, 0.15) is 11.5 Å². The summed E-state index contributed by atoms with van der Waals surface area (Å²) < 4.78 is 18.9. The number of rotatable bonds is 6. The Bertz CT molecular complexity index is 871. The number of methoxy groups -OCH3 is 1. The summed E-state index contributed by atoms with van der Waals surface area (Å²) in [4.78, 5) is 2.28. The number of aromatic nitrogens is 1. The first-order valence-corrected chi connectivity index (χ1v) is 9.22. The van der Waals surface area contributed by atoms with E-state index in [2.05, 4.69) is 52.2 Å². The highest BCUT2D eigenvalue weighted by molar-refractivity contribution is 5.51. The van der Waals surface area contributed by atoms with E-state index in [1.165, 1.54) is 0 Å². The van der Waals surface area contributed by atoms with Crippen LogP contribution in [0.15, 0.2) is 67.0 Å². The van der Waals surface area contributed by atoms with Crippen LogP contribution in [0.5, 0.6) is 11.5 Å². The largest absolute Gasteiger partial charge is 0.497 e. The van der Waals surface area contributed by atoms with Crippen LogP contribution >= 0.6 is 0 Å². The van der Waals surface area contributed by atoms with E-state index in [-0.39, 0.29) is 6.23 Å². The lowest BCUT2D eigenvalue weighted by molar-refractivity contribution is 0.114. The molecule has 3 aromatic rings. The molecule has 1 saturated heterocycles. The van der Waals surface area contributed by atoms with Crippen molar-refractivity contribution in [2.24, 2.45) is 0 Å². The van der Waals surface area contributed by atoms with Gasteiger partial charge in [-0.15, -0.1) is 0 Å². The fourth-order valence-electron chi connectivity index (χ4n) is 3.39. The fourth-order valence-corrected chi connectivity index (χ4v) is 3.39. The molecule has 1 aliphatic heterocycles. The molecule has 0 N–H and O–H groups in total. The van der Waals surface area contributed by atoms with E-state index < -0.39 is 0 Å². The normalized spacial score (nSPS) is 16.5. The number of nitrogens with zero attached hydrogens (tertiary/aromatic N) is 2. The molecular weight excluding hydrogens is 340 g/mol. The van der Waals surface area contributed by atoms with Crippen molar-refractivity contribution in [3.63, 3.8) is 0 Å². The van der Waals surface area contributed by atoms with Crippen LogP contribution in [0.3, 0.4) is 0 Å². The van der Waals surface area contributed by atoms with Crippen molar-refractivity contribution < 1.29 is 14.2 Å². The van der Waals surface area contributed by atoms with E-state index in [4.69, 9.17) is 14.2 Å². The SMILES string of the molecule is CCOc1ccc(-n2ccc([C@@H]3OCCN3c3ccc(OC)cc3)c2)cc1. The molecule has 5 nitrogen and oxygen atoms in total. The maximum Gasteiger partial charge on any atom is 0.158 e. The monoisotopic (exact) mass is 364 g/mol. The zero-order valence-electron chi connectivity index (χ0n) is 15.7. The minimum absolute atomic E-state index is 0.0812. The Morgan fingerprint density at radius 2 is 1.67 bits per heavy atom. The van der Waals surface area contributed by atoms with Gasteiger partial charge in [-0.2, -0.15) is 0 Å². The van der Waals surface area contributed by atoms with Crippen LogP contribution in [0, 0.1) is 0 Å². The third kappa shape index (κ3) is 3.64. The summed E-state index contributed by atoms with van der Waals surface area (Å²) >= 11 is 0. The Labute approximate surface area is 159 Å². The van der Waals surface area contributed by atoms with E-state index in [1.54, 1.807) is 7.11 Å². The van der Waals surface area contributed by atoms with Crippen molar-refractivity contribution in [3.8, 4) is 17.2 Å². The topological polar surface area (TPSA) is 35.9 Å². The fraction of sp³-hybridized carbons (Fsp3) is 0.273. The minimum atomic E-state index is -0.0812. The summed E-state index contributed by atoms with van der Waals surface area (Å²) in [5, 5.41) is 0. The third-order valence-corrected chi connectivity index (χ3v) is 4.74. The second-order valence-corrected chi connectivity index (χ2v) is 6.39. The maximum absolute atomic E-state index is 6.02. The highest BCUT2D eigenvalue weighted by Crippen LogP contribution is 2.33. The van der Waals surface area contributed by atoms with E-state index in [1.807, 2.05) is 31.2 Å². The van der Waals surface area contributed by atoms with Crippen LogP contribution in [-0.4, -0.2) is 31.4 Å². The van der Waals surface area contributed by atoms with Gasteiger partial charge < -0.3 is 23.7 Å². The molecule has 0 spiro atoms. The Kier molecular flexibility index (Phi) is 5.03. The van der Waals surface area contributed by atoms with Gasteiger partial charge in [-0.1, -0.05) is 0 Å². The summed E-state index contributed by atoms with van der Waals surface area (Å²) in [6.07, 6.45) is 4.11. The van der Waals surface area contributed by atoms with Gasteiger partial charge >= 0.3 is 0 Å². The molecular formula is C22H24N2O3. The molecule has 1 aliphatic rings. The molecule has 0 amide bonds. The Morgan fingerprint density at radius 3 is 2.37 bits per heavy atom. The second-order valence-electron chi connectivity index (χ2n) is 6.39. The number of anilines is 1. The highest BCUT2D eigenvalue weighted by atomic mass is 16.5. The number of hydrogen-bond acceptors (Lipinski definition) is 4. The molecule has 4 rings (SSSR count). The third-order valence-electron chi connectivity index (χ3n) is 4.74. The Balaban J connectivity index is 1.54. The summed E-state index contributed by atoms with van der Waals surface area (Å²) in [6.45, 7) is 4.24. The van der Waals surface area contributed by atoms with E-state index in [9.17, 15) is 0 Å². The molecule has 2 heterocycles. The lowest BCUT2D eigenvalue weighted by atomic mass is 10.2. The van der Waals surface area contributed by atoms with Crippen LogP contribution in [0.4, 0.5) is 5.69 Å². The number of ether oxygens (including phenoxy) is 3. The van der Waals surface area contributed by atoms with E-state index in [0.29, 0.717) is 13.2 Å². The highest BCUT2D eigenvalue weighted by Gasteiger charge is 2.28. The predicted octanol–water partition coefficient (Wildman–Crippen LogP) is 4.42. The first-order chi connectivity index (χ1) is 13.3. The zero-order chi connectivity index (χ0) is 18.6. The average Bonchev–Trinajstić information content (AvgIpc) is 3.38. The summed E-state index contributed by atoms with van der Waals surface area (Å²) in [6, 6.07) is 18.3. The summed E-state index contributed by atoms with van der Waals surface area (Å²) in [5.41, 5.74) is 3.36. The van der Waals surface area contributed by atoms with Crippen LogP contribution in [0.2, 0.25) is 0 Å². The van der Waals surface area contributed by atoms with Gasteiger partial charge in [-0.3, -0.25) is 0 Å². The van der Waals surface area contributed by atoms with Crippen LogP contribution < -0.4 is 14.4 Å². The lowest BCUT2D eigenvalue weighted by Crippen LogP contribution is -2.22. The molecule has 0 bridgehead atoms. The molecule has 0 saturated carbocycles. The van der Waals surface area contributed by atoms with Crippen molar-refractivity contribution in [2.75, 3.05) is 31.8 Å². The molecule has 2 aromatic carbocycles. The van der Waals surface area contributed by atoms with Crippen molar-refractivity contribution in [1.82, 2.24) is 4.57 Å². The van der Waals surface area contributed by atoms with Gasteiger partial charge in [0.15, 0.2) is 6.23 Å². The molecule has 1 atom stereocenters. The minimum Gasteiger partial charge on any atom is -0.497 e. The standard InChI is InChI=1S/C22H24N2O3/c1-3-26-21-10-4-18(5-11-21)23-13-12-17(16-23)22-24(14-15-27-22)19-6-8-20(25-2)9-7-19/h4-13,16,22H,3,14-15H2,1-2H3/t22-/m0/s1. The van der Waals surface area contributed by atoms with E-state index in [0.717, 1.165) is 35.0 Å². The van der Waals surface area contributed by atoms with E-state index >= 15 is 0 Å². The molecule has 0 radical (unpaired) electrons. The molecule has 5 heteroatoms. The van der Waals surface area contributed by atoms with Crippen LogP contribution in [0.1, 0.15) is 18.7 Å². The van der Waals surface area contributed by atoms with Gasteiger partial charge in [-0.05, 0) is 61.5 Å². The van der Waals surface area contributed by atoms with Crippen molar-refractivity contribution >= 4 is 5.69 Å². The first-order valence-electron chi connectivity index (χ1n) is 9.22. The van der Waals surface area contributed by atoms with Gasteiger partial charge in [0.25, 0.3) is 0 Å². The molecule has 27 heavy (non-hydrogen) atoms. The predicted molar refractivity (Wildman–Crippen MR) is 106 cm³/mol. The number of benzene rings is 2. The zero-order valence-corrected chi connectivity index (χ0v) is 15.7. The quantitative estimate of drug-likeness (QED) is 0.649. The Morgan fingerprint density at radius 1 is 0.963 bits per heavy atom. The molecule has 1 fully saturated rings. The summed E-state index contributed by atoms with van der Waals surface area (Å²) in [7, 11) is 1.68. The molecule has 140 valence electrons. The van der Waals surface area contributed by atoms with Crippen molar-refractivity contribution in [1.29, 1.82) is 0 Å². The van der Waals surface area contributed by atoms with Gasteiger partial charge in [0.05, 0.1) is 20.3 Å². The molecule has 1 aromatic heterocycles. The summed E-state index contributed by atoms with van der Waals surface area (Å²) in [5.74, 6) is 1.75. The molecule has 0 aliphatic carbocycles. The maximum atomic E-state index is 6.02. The average molecular weight is 364 g/mol. The van der Waals surface area contributed by atoms with Gasteiger partial charge in [0.2, 0.25) is 0 Å². The first kappa shape index (κ1) is 17.5. The number of hydrogen-bond donors (Lipinski definition) is 0. The van der Waals surface area contributed by atoms with Gasteiger partial charge in [-0.25, -0.2) is 0 Å². The Hall–Kier alpha value is -2.92. The lowest BCUT2D eigenvalue weighted by Gasteiger charge is -2.24. The smallest absolute Gasteiger partial charge is 0.158 e. The molecule has 0 unspecified atom stereocenters. The van der Waals surface area contributed by atoms with Gasteiger partial charge in [0, 0.05) is 35.9 Å². The van der Waals surface area contributed by atoms with Crippen LogP contribution in [-0.2, 0) is 4.74 Å². The second kappa shape index (κ2) is 7.76.